The Balaban J connectivity index is 2.96. The molecule has 2 unspecified atom stereocenters. The van der Waals surface area contributed by atoms with Gasteiger partial charge in [0.25, 0.3) is 0 Å². The fraction of sp³-hybridized carbons (Fsp3) is 0.571. The predicted molar refractivity (Wildman–Crippen MR) is 73.5 cm³/mol. The summed E-state index contributed by atoms with van der Waals surface area (Å²) in [5, 5.41) is 0.271. The third kappa shape index (κ3) is 3.85. The minimum absolute atomic E-state index is 0.0916. The van der Waals surface area contributed by atoms with Crippen LogP contribution in [-0.4, -0.2) is 12.1 Å². The lowest BCUT2D eigenvalue weighted by Crippen LogP contribution is -2.47. The van der Waals surface area contributed by atoms with Crippen LogP contribution in [0, 0.1) is 11.2 Å². The van der Waals surface area contributed by atoms with Crippen LogP contribution in [0.5, 0.6) is 5.75 Å². The van der Waals surface area contributed by atoms with E-state index in [1.807, 2.05) is 6.92 Å². The number of hydrogen-bond acceptors (Lipinski definition) is 2. The topological polar surface area (TPSA) is 35.2 Å². The number of rotatable bonds is 4. The van der Waals surface area contributed by atoms with E-state index in [-0.39, 0.29) is 28.4 Å². The average molecular weight is 274 g/mol. The van der Waals surface area contributed by atoms with Gasteiger partial charge < -0.3 is 10.5 Å². The van der Waals surface area contributed by atoms with Crippen molar-refractivity contribution in [2.45, 2.75) is 46.3 Å². The Labute approximate surface area is 113 Å². The van der Waals surface area contributed by atoms with Crippen molar-refractivity contribution in [2.75, 3.05) is 0 Å². The van der Waals surface area contributed by atoms with Crippen LogP contribution in [0.15, 0.2) is 18.2 Å². The largest absolute Gasteiger partial charge is 0.487 e. The van der Waals surface area contributed by atoms with Gasteiger partial charge >= 0.3 is 0 Å². The van der Waals surface area contributed by atoms with Crippen LogP contribution in [0.2, 0.25) is 5.02 Å². The van der Waals surface area contributed by atoms with Crippen molar-refractivity contribution < 1.29 is 9.13 Å². The van der Waals surface area contributed by atoms with Gasteiger partial charge in [0.1, 0.15) is 17.7 Å². The molecule has 0 amide bonds. The van der Waals surface area contributed by atoms with Gasteiger partial charge in [0.15, 0.2) is 0 Å². The molecule has 2 atom stereocenters. The highest BCUT2D eigenvalue weighted by atomic mass is 35.5. The van der Waals surface area contributed by atoms with Gasteiger partial charge in [-0.25, -0.2) is 4.39 Å². The Hall–Kier alpha value is -0.800. The number of hydrogen-bond donors (Lipinski definition) is 1. The van der Waals surface area contributed by atoms with E-state index in [0.29, 0.717) is 5.75 Å². The molecular weight excluding hydrogens is 253 g/mol. The van der Waals surface area contributed by atoms with Crippen molar-refractivity contribution in [3.8, 4) is 5.75 Å². The molecule has 4 heteroatoms. The van der Waals surface area contributed by atoms with Gasteiger partial charge in [0.2, 0.25) is 0 Å². The van der Waals surface area contributed by atoms with Crippen LogP contribution in [0.25, 0.3) is 0 Å². The van der Waals surface area contributed by atoms with E-state index in [9.17, 15) is 4.39 Å². The van der Waals surface area contributed by atoms with Gasteiger partial charge in [0.05, 0.1) is 5.02 Å². The Morgan fingerprint density at radius 2 is 2.00 bits per heavy atom. The molecule has 0 spiro atoms. The molecule has 1 aromatic rings. The van der Waals surface area contributed by atoms with Crippen molar-refractivity contribution in [3.63, 3.8) is 0 Å². The van der Waals surface area contributed by atoms with Crippen LogP contribution in [0.4, 0.5) is 4.39 Å². The monoisotopic (exact) mass is 273 g/mol. The summed E-state index contributed by atoms with van der Waals surface area (Å²) >= 11 is 5.97. The van der Waals surface area contributed by atoms with Gasteiger partial charge in [-0.05, 0) is 24.6 Å². The summed E-state index contributed by atoms with van der Waals surface area (Å²) in [6, 6.07) is 4.02. The highest BCUT2D eigenvalue weighted by Crippen LogP contribution is 2.32. The van der Waals surface area contributed by atoms with E-state index in [2.05, 4.69) is 20.8 Å². The maximum Gasteiger partial charge on any atom is 0.138 e. The lowest BCUT2D eigenvalue weighted by Gasteiger charge is -2.35. The molecule has 1 rings (SSSR count). The fourth-order valence-electron chi connectivity index (χ4n) is 1.83. The Bertz CT molecular complexity index is 403. The van der Waals surface area contributed by atoms with E-state index in [1.165, 1.54) is 12.1 Å². The molecular formula is C14H21ClFNO. The SMILES string of the molecule is CCC(N)C(Oc1ccc(F)cc1Cl)C(C)(C)C. The normalized spacial score (nSPS) is 15.3. The third-order valence-electron chi connectivity index (χ3n) is 2.86. The summed E-state index contributed by atoms with van der Waals surface area (Å²) < 4.78 is 18.9. The molecule has 0 heterocycles. The number of nitrogens with two attached hydrogens (primary N) is 1. The summed E-state index contributed by atoms with van der Waals surface area (Å²) in [7, 11) is 0. The molecule has 0 aliphatic heterocycles. The van der Waals surface area contributed by atoms with E-state index in [1.54, 1.807) is 6.07 Å². The second-order valence-corrected chi connectivity index (χ2v) is 5.96. The Kier molecular flexibility index (Phi) is 5.00. The van der Waals surface area contributed by atoms with Gasteiger partial charge in [-0.15, -0.1) is 0 Å². The van der Waals surface area contributed by atoms with Crippen molar-refractivity contribution in [1.29, 1.82) is 0 Å². The van der Waals surface area contributed by atoms with E-state index >= 15 is 0 Å². The summed E-state index contributed by atoms with van der Waals surface area (Å²) in [5.41, 5.74) is 5.97. The van der Waals surface area contributed by atoms with Gasteiger partial charge in [-0.1, -0.05) is 39.3 Å². The molecule has 102 valence electrons. The second-order valence-electron chi connectivity index (χ2n) is 5.55. The fourth-order valence-corrected chi connectivity index (χ4v) is 2.04. The zero-order valence-corrected chi connectivity index (χ0v) is 12.1. The molecule has 0 radical (unpaired) electrons. The molecule has 0 aromatic heterocycles. The van der Waals surface area contributed by atoms with Gasteiger partial charge in [0, 0.05) is 11.5 Å². The zero-order valence-electron chi connectivity index (χ0n) is 11.3. The first-order valence-corrected chi connectivity index (χ1v) is 6.50. The zero-order chi connectivity index (χ0) is 13.9. The highest BCUT2D eigenvalue weighted by molar-refractivity contribution is 6.32. The van der Waals surface area contributed by atoms with Crippen LogP contribution in [0.1, 0.15) is 34.1 Å². The molecule has 0 aliphatic carbocycles. The number of benzene rings is 1. The lowest BCUT2D eigenvalue weighted by atomic mass is 9.84. The molecule has 0 bridgehead atoms. The quantitative estimate of drug-likeness (QED) is 0.900. The Morgan fingerprint density at radius 3 is 2.44 bits per heavy atom. The average Bonchev–Trinajstić information content (AvgIpc) is 2.25. The summed E-state index contributed by atoms with van der Waals surface area (Å²) in [4.78, 5) is 0. The molecule has 2 nitrogen and oxygen atoms in total. The minimum Gasteiger partial charge on any atom is -0.487 e. The smallest absolute Gasteiger partial charge is 0.138 e. The molecule has 1 aromatic carbocycles. The van der Waals surface area contributed by atoms with Crippen molar-refractivity contribution in [3.05, 3.63) is 29.0 Å². The standard InChI is InChI=1S/C14H21ClFNO/c1-5-11(17)13(14(2,3)4)18-12-7-6-9(16)8-10(12)15/h6-8,11,13H,5,17H2,1-4H3. The Morgan fingerprint density at radius 1 is 1.39 bits per heavy atom. The minimum atomic E-state index is -0.376. The van der Waals surface area contributed by atoms with Crippen molar-refractivity contribution in [1.82, 2.24) is 0 Å². The predicted octanol–water partition coefficient (Wildman–Crippen LogP) is 4.01. The second kappa shape index (κ2) is 5.89. The summed E-state index contributed by atoms with van der Waals surface area (Å²) in [6.07, 6.45) is 0.631. The summed E-state index contributed by atoms with van der Waals surface area (Å²) in [6.45, 7) is 8.19. The number of halogens is 2. The highest BCUT2D eigenvalue weighted by Gasteiger charge is 2.31. The van der Waals surface area contributed by atoms with Crippen LogP contribution in [-0.2, 0) is 0 Å². The van der Waals surface area contributed by atoms with Crippen LogP contribution >= 0.6 is 11.6 Å². The third-order valence-corrected chi connectivity index (χ3v) is 3.16. The molecule has 0 saturated heterocycles. The van der Waals surface area contributed by atoms with Gasteiger partial charge in [-0.3, -0.25) is 0 Å². The van der Waals surface area contributed by atoms with E-state index < -0.39 is 0 Å². The maximum absolute atomic E-state index is 13.0. The number of ether oxygens (including phenoxy) is 1. The first-order chi connectivity index (χ1) is 8.25. The molecule has 0 fully saturated rings. The maximum atomic E-state index is 13.0. The van der Waals surface area contributed by atoms with Crippen molar-refractivity contribution >= 4 is 11.6 Å². The van der Waals surface area contributed by atoms with Crippen LogP contribution < -0.4 is 10.5 Å². The molecule has 0 saturated carbocycles. The molecule has 0 aliphatic rings. The van der Waals surface area contributed by atoms with Gasteiger partial charge in [-0.2, -0.15) is 0 Å². The first-order valence-electron chi connectivity index (χ1n) is 6.13. The molecule has 2 N–H and O–H groups in total. The first kappa shape index (κ1) is 15.3. The van der Waals surface area contributed by atoms with E-state index in [4.69, 9.17) is 22.1 Å². The van der Waals surface area contributed by atoms with Crippen molar-refractivity contribution in [2.24, 2.45) is 11.1 Å². The lowest BCUT2D eigenvalue weighted by molar-refractivity contribution is 0.0622. The van der Waals surface area contributed by atoms with Crippen LogP contribution in [0.3, 0.4) is 0 Å². The molecule has 18 heavy (non-hydrogen) atoms. The summed E-state index contributed by atoms with van der Waals surface area (Å²) in [5.74, 6) is 0.0985. The van der Waals surface area contributed by atoms with E-state index in [0.717, 1.165) is 6.42 Å².